The zero-order valence-corrected chi connectivity index (χ0v) is 31.0. The van der Waals surface area contributed by atoms with Gasteiger partial charge in [0.15, 0.2) is 5.82 Å². The second-order valence-electron chi connectivity index (χ2n) is 14.3. The number of piperidine rings is 1. The van der Waals surface area contributed by atoms with Crippen LogP contribution < -0.4 is 10.1 Å². The van der Waals surface area contributed by atoms with Gasteiger partial charge in [-0.2, -0.15) is 0 Å². The Labute approximate surface area is 305 Å². The van der Waals surface area contributed by atoms with Crippen LogP contribution in [0.2, 0.25) is 0 Å². The summed E-state index contributed by atoms with van der Waals surface area (Å²) < 4.78 is 5.90. The van der Waals surface area contributed by atoms with E-state index < -0.39 is 18.1 Å². The monoisotopic (exact) mass is 710 g/mol. The van der Waals surface area contributed by atoms with E-state index in [-0.39, 0.29) is 23.7 Å². The van der Waals surface area contributed by atoms with Crippen LogP contribution in [0.3, 0.4) is 0 Å². The van der Waals surface area contributed by atoms with Crippen molar-refractivity contribution < 1.29 is 24.2 Å². The van der Waals surface area contributed by atoms with Crippen LogP contribution in [0.15, 0.2) is 73.1 Å². The van der Waals surface area contributed by atoms with Crippen molar-refractivity contribution in [1.29, 1.82) is 0 Å². The van der Waals surface area contributed by atoms with Crippen molar-refractivity contribution in [2.24, 2.45) is 0 Å². The first-order chi connectivity index (χ1) is 24.5. The Morgan fingerprint density at radius 1 is 0.902 bits per heavy atom. The summed E-state index contributed by atoms with van der Waals surface area (Å²) >= 11 is 1.40. The van der Waals surface area contributed by atoms with Gasteiger partial charge in [0.2, 0.25) is 5.91 Å². The number of carbonyl (C=O) groups is 3. The van der Waals surface area contributed by atoms with Gasteiger partial charge in [0.05, 0.1) is 11.5 Å². The van der Waals surface area contributed by atoms with Gasteiger partial charge in [-0.25, -0.2) is 14.8 Å². The Kier molecular flexibility index (Phi) is 13.0. The molecule has 5 rings (SSSR count). The molecule has 1 saturated heterocycles. The third kappa shape index (κ3) is 10.3. The molecular formula is C41H50N4O5S. The molecule has 270 valence electrons. The zero-order valence-electron chi connectivity index (χ0n) is 30.2. The van der Waals surface area contributed by atoms with Gasteiger partial charge < -0.3 is 20.1 Å². The molecule has 4 aromatic rings. The number of nitrogens with zero attached hydrogens (tertiary/aromatic N) is 3. The van der Waals surface area contributed by atoms with Gasteiger partial charge in [-0.1, -0.05) is 89.8 Å². The van der Waals surface area contributed by atoms with Crippen LogP contribution in [0.5, 0.6) is 5.75 Å². The van der Waals surface area contributed by atoms with Gasteiger partial charge in [-0.15, -0.1) is 11.3 Å². The molecule has 0 spiro atoms. The molecule has 2 aromatic heterocycles. The van der Waals surface area contributed by atoms with Crippen molar-refractivity contribution in [3.05, 3.63) is 88.4 Å². The topological polar surface area (TPSA) is 122 Å². The minimum absolute atomic E-state index is 0.111. The Balaban J connectivity index is 1.26. The van der Waals surface area contributed by atoms with E-state index in [0.717, 1.165) is 58.7 Å². The number of carbonyl (C=O) groups excluding carboxylic acids is 2. The number of aliphatic carboxylic acids is 1. The van der Waals surface area contributed by atoms with E-state index in [1.165, 1.54) is 41.9 Å². The first kappa shape index (κ1) is 37.7. The van der Waals surface area contributed by atoms with E-state index in [2.05, 4.69) is 43.0 Å². The number of benzene rings is 2. The van der Waals surface area contributed by atoms with Crippen LogP contribution in [-0.2, 0) is 21.4 Å². The number of hydrogen-bond acceptors (Lipinski definition) is 7. The molecule has 10 heteroatoms. The summed E-state index contributed by atoms with van der Waals surface area (Å²) in [5.41, 5.74) is 3.43. The molecule has 2 aromatic carbocycles. The number of likely N-dealkylation sites (tertiary alicyclic amines) is 1. The number of hydrogen-bond donors (Lipinski definition) is 2. The van der Waals surface area contributed by atoms with Crippen molar-refractivity contribution in [3.63, 3.8) is 0 Å². The highest BCUT2D eigenvalue weighted by atomic mass is 32.1. The number of carboxylic acids is 1. The molecule has 0 aliphatic carbocycles. The maximum atomic E-state index is 13.9. The Morgan fingerprint density at radius 2 is 1.59 bits per heavy atom. The second kappa shape index (κ2) is 17.6. The number of rotatable bonds is 15. The third-order valence-corrected chi connectivity index (χ3v) is 10.8. The quantitative estimate of drug-likeness (QED) is 0.119. The van der Waals surface area contributed by atoms with Gasteiger partial charge in [-0.3, -0.25) is 9.59 Å². The summed E-state index contributed by atoms with van der Waals surface area (Å²) in [6.45, 7) is 9.55. The maximum Gasteiger partial charge on any atom is 0.326 e. The van der Waals surface area contributed by atoms with Crippen LogP contribution in [0, 0.1) is 0 Å². The number of amides is 2. The highest BCUT2D eigenvalue weighted by Crippen LogP contribution is 2.30. The SMILES string of the molecule is CCCCCCCOc1ccc(-c2cnc(-c3ccc(C[C@H](NC(=O)c4ccc(C(C)(C)C)s4)C(=O)N4CCCCC4C(=O)O)cc3)nc2)cc1. The third-order valence-electron chi connectivity index (χ3n) is 9.25. The van der Waals surface area contributed by atoms with Crippen molar-refractivity contribution in [1.82, 2.24) is 20.2 Å². The molecule has 1 fully saturated rings. The lowest BCUT2D eigenvalue weighted by molar-refractivity contribution is -0.152. The van der Waals surface area contributed by atoms with E-state index >= 15 is 0 Å². The lowest BCUT2D eigenvalue weighted by Gasteiger charge is -2.35. The summed E-state index contributed by atoms with van der Waals surface area (Å²) in [6.07, 6.45) is 11.7. The van der Waals surface area contributed by atoms with Crippen LogP contribution in [0.4, 0.5) is 0 Å². The fraction of sp³-hybridized carbons (Fsp3) is 0.439. The largest absolute Gasteiger partial charge is 0.494 e. The van der Waals surface area contributed by atoms with E-state index in [0.29, 0.717) is 23.7 Å². The van der Waals surface area contributed by atoms with Crippen molar-refractivity contribution >= 4 is 29.1 Å². The molecule has 2 atom stereocenters. The molecule has 1 aliphatic rings. The minimum Gasteiger partial charge on any atom is -0.494 e. The average molecular weight is 711 g/mol. The van der Waals surface area contributed by atoms with Crippen molar-refractivity contribution in [3.8, 4) is 28.3 Å². The molecule has 0 bridgehead atoms. The van der Waals surface area contributed by atoms with Crippen LogP contribution in [-0.4, -0.2) is 63.0 Å². The van der Waals surface area contributed by atoms with Gasteiger partial charge >= 0.3 is 5.97 Å². The molecule has 2 N–H and O–H groups in total. The van der Waals surface area contributed by atoms with E-state index in [4.69, 9.17) is 4.74 Å². The number of aromatic nitrogens is 2. The second-order valence-corrected chi connectivity index (χ2v) is 15.4. The zero-order chi connectivity index (χ0) is 36.4. The van der Waals surface area contributed by atoms with Crippen LogP contribution in [0.1, 0.15) is 99.2 Å². The summed E-state index contributed by atoms with van der Waals surface area (Å²) in [5, 5.41) is 12.8. The van der Waals surface area contributed by atoms with E-state index in [1.807, 2.05) is 54.6 Å². The van der Waals surface area contributed by atoms with Crippen molar-refractivity contribution in [2.45, 2.75) is 103 Å². The highest BCUT2D eigenvalue weighted by molar-refractivity contribution is 7.14. The van der Waals surface area contributed by atoms with Gasteiger partial charge in [0.25, 0.3) is 5.91 Å². The normalized spacial score (nSPS) is 15.3. The molecule has 1 aliphatic heterocycles. The van der Waals surface area contributed by atoms with Crippen LogP contribution >= 0.6 is 11.3 Å². The first-order valence-corrected chi connectivity index (χ1v) is 18.9. The molecule has 0 radical (unpaired) electrons. The Morgan fingerprint density at radius 3 is 2.24 bits per heavy atom. The van der Waals surface area contributed by atoms with Gasteiger partial charge in [0.1, 0.15) is 17.8 Å². The van der Waals surface area contributed by atoms with Crippen molar-refractivity contribution in [2.75, 3.05) is 13.2 Å². The molecule has 2 amide bonds. The van der Waals surface area contributed by atoms with Gasteiger partial charge in [0, 0.05) is 41.4 Å². The molecule has 1 unspecified atom stereocenters. The summed E-state index contributed by atoms with van der Waals surface area (Å²) in [5.74, 6) is -0.324. The Bertz CT molecular complexity index is 1750. The minimum atomic E-state index is -1.02. The lowest BCUT2D eigenvalue weighted by Crippen LogP contribution is -2.56. The maximum absolute atomic E-state index is 13.9. The molecule has 0 saturated carbocycles. The number of nitrogens with one attached hydrogen (secondary N) is 1. The number of ether oxygens (including phenoxy) is 1. The molecule has 3 heterocycles. The fourth-order valence-corrected chi connectivity index (χ4v) is 7.20. The molecule has 51 heavy (non-hydrogen) atoms. The average Bonchev–Trinajstić information content (AvgIpc) is 3.65. The predicted octanol–water partition coefficient (Wildman–Crippen LogP) is 8.33. The van der Waals surface area contributed by atoms with E-state index in [1.54, 1.807) is 18.5 Å². The number of carboxylic acid groups (broad SMARTS) is 1. The highest BCUT2D eigenvalue weighted by Gasteiger charge is 2.36. The molecular weight excluding hydrogens is 661 g/mol. The standard InChI is InChI=1S/C41H50N4O5S/c1-5-6-7-8-11-24-50-32-19-17-29(18-20-32)31-26-42-37(43-27-31)30-15-13-28(14-16-30)25-33(39(47)45-23-10-9-12-34(45)40(48)49)44-38(46)35-21-22-36(51-35)41(2,3)4/h13-22,26-27,33-34H,5-12,23-25H2,1-4H3,(H,44,46)(H,48,49)/t33-,34?/m0/s1. The lowest BCUT2D eigenvalue weighted by atomic mass is 9.95. The summed E-state index contributed by atoms with van der Waals surface area (Å²) in [4.78, 5) is 51.6. The smallest absolute Gasteiger partial charge is 0.326 e. The first-order valence-electron chi connectivity index (χ1n) is 18.1. The summed E-state index contributed by atoms with van der Waals surface area (Å²) in [7, 11) is 0. The predicted molar refractivity (Wildman–Crippen MR) is 202 cm³/mol. The Hall–Kier alpha value is -4.57. The van der Waals surface area contributed by atoms with Crippen LogP contribution in [0.25, 0.3) is 22.5 Å². The molecule has 9 nitrogen and oxygen atoms in total. The number of thiophene rings is 1. The number of unbranched alkanes of at least 4 members (excludes halogenated alkanes) is 4. The van der Waals surface area contributed by atoms with Gasteiger partial charge in [-0.05, 0) is 66.5 Å². The van der Waals surface area contributed by atoms with E-state index in [9.17, 15) is 19.5 Å². The fourth-order valence-electron chi connectivity index (χ4n) is 6.24. The summed E-state index contributed by atoms with van der Waals surface area (Å²) in [6, 6.07) is 17.5.